The van der Waals surface area contributed by atoms with Crippen LogP contribution in [0.25, 0.3) is 17.0 Å². The summed E-state index contributed by atoms with van der Waals surface area (Å²) < 4.78 is 42.0. The normalized spacial score (nSPS) is 18.9. The molecule has 200 valence electrons. The van der Waals surface area contributed by atoms with Crippen LogP contribution < -0.4 is 0 Å². The van der Waals surface area contributed by atoms with Gasteiger partial charge in [-0.25, -0.2) is 0 Å². The van der Waals surface area contributed by atoms with Crippen molar-refractivity contribution in [2.24, 2.45) is 0 Å². The highest BCUT2D eigenvalue weighted by atomic mass is 35.5. The summed E-state index contributed by atoms with van der Waals surface area (Å²) in [6, 6.07) is 8.77. The van der Waals surface area contributed by atoms with E-state index in [1.54, 1.807) is 30.5 Å². The number of nitrogens with zero attached hydrogens (tertiary/aromatic N) is 4. The maximum atomic E-state index is 13.5. The number of alkyl halides is 3. The SMILES string of the molecule is O=C1SC(=Cc2ccc3c(cnn3Cc3ccc(Cl)cc3C(F)(F)F)c2)C(=O)N1C1CCN(CCO)CC1. The Kier molecular flexibility index (Phi) is 7.54. The van der Waals surface area contributed by atoms with E-state index in [0.29, 0.717) is 53.8 Å². The smallest absolute Gasteiger partial charge is 0.395 e. The average molecular weight is 565 g/mol. The van der Waals surface area contributed by atoms with E-state index < -0.39 is 11.7 Å². The van der Waals surface area contributed by atoms with Crippen LogP contribution in [0.3, 0.4) is 0 Å². The van der Waals surface area contributed by atoms with Crippen LogP contribution in [0.15, 0.2) is 47.5 Å². The van der Waals surface area contributed by atoms with Gasteiger partial charge >= 0.3 is 6.18 Å². The number of carbonyl (C=O) groups is 2. The molecule has 38 heavy (non-hydrogen) atoms. The molecule has 0 atom stereocenters. The highest BCUT2D eigenvalue weighted by Gasteiger charge is 2.40. The lowest BCUT2D eigenvalue weighted by atomic mass is 10.0. The van der Waals surface area contributed by atoms with Crippen molar-refractivity contribution < 1.29 is 27.9 Å². The topological polar surface area (TPSA) is 78.7 Å². The van der Waals surface area contributed by atoms with Crippen LogP contribution >= 0.6 is 23.4 Å². The third kappa shape index (κ3) is 5.47. The Morgan fingerprint density at radius 3 is 2.61 bits per heavy atom. The van der Waals surface area contributed by atoms with Gasteiger partial charge in [0.25, 0.3) is 11.1 Å². The van der Waals surface area contributed by atoms with Gasteiger partial charge in [-0.15, -0.1) is 0 Å². The van der Waals surface area contributed by atoms with Gasteiger partial charge in [-0.2, -0.15) is 18.3 Å². The monoisotopic (exact) mass is 564 g/mol. The number of thioether (sulfide) groups is 1. The summed E-state index contributed by atoms with van der Waals surface area (Å²) in [6.07, 6.45) is 0.00132. The van der Waals surface area contributed by atoms with Crippen LogP contribution in [-0.2, 0) is 17.5 Å². The first-order valence-corrected chi connectivity index (χ1v) is 13.2. The second kappa shape index (κ2) is 10.7. The molecule has 3 heterocycles. The third-order valence-corrected chi connectivity index (χ3v) is 7.94. The van der Waals surface area contributed by atoms with E-state index in [4.69, 9.17) is 16.7 Å². The lowest BCUT2D eigenvalue weighted by molar-refractivity contribution is -0.138. The van der Waals surface area contributed by atoms with Gasteiger partial charge in [0, 0.05) is 36.1 Å². The van der Waals surface area contributed by atoms with Crippen LogP contribution in [-0.4, -0.2) is 68.1 Å². The van der Waals surface area contributed by atoms with Crippen LogP contribution in [0.4, 0.5) is 18.0 Å². The fourth-order valence-corrected chi connectivity index (χ4v) is 5.99. The van der Waals surface area contributed by atoms with Crippen LogP contribution in [0, 0.1) is 0 Å². The summed E-state index contributed by atoms with van der Waals surface area (Å²) in [7, 11) is 0. The summed E-state index contributed by atoms with van der Waals surface area (Å²) >= 11 is 6.69. The first kappa shape index (κ1) is 26.7. The van der Waals surface area contributed by atoms with Crippen molar-refractivity contribution in [2.75, 3.05) is 26.2 Å². The lowest BCUT2D eigenvalue weighted by Gasteiger charge is -2.34. The van der Waals surface area contributed by atoms with Gasteiger partial charge in [0.15, 0.2) is 0 Å². The molecule has 7 nitrogen and oxygen atoms in total. The number of amides is 2. The van der Waals surface area contributed by atoms with Crippen molar-refractivity contribution in [3.05, 3.63) is 69.2 Å². The van der Waals surface area contributed by atoms with Crippen molar-refractivity contribution in [1.82, 2.24) is 19.6 Å². The third-order valence-electron chi connectivity index (χ3n) is 6.82. The number of aliphatic hydroxyl groups is 1. The molecule has 2 aliphatic heterocycles. The predicted octanol–water partition coefficient (Wildman–Crippen LogP) is 5.25. The van der Waals surface area contributed by atoms with Crippen molar-refractivity contribution >= 4 is 51.5 Å². The second-order valence-electron chi connectivity index (χ2n) is 9.27. The Bertz CT molecular complexity index is 1420. The van der Waals surface area contributed by atoms with Crippen LogP contribution in [0.5, 0.6) is 0 Å². The number of aromatic nitrogens is 2. The molecule has 0 spiro atoms. The Balaban J connectivity index is 1.34. The summed E-state index contributed by atoms with van der Waals surface area (Å²) in [5, 5.41) is 13.8. The van der Waals surface area contributed by atoms with Gasteiger partial charge in [-0.1, -0.05) is 23.7 Å². The van der Waals surface area contributed by atoms with Gasteiger partial charge in [0.1, 0.15) is 0 Å². The van der Waals surface area contributed by atoms with Crippen LogP contribution in [0.1, 0.15) is 29.5 Å². The first-order chi connectivity index (χ1) is 18.1. The lowest BCUT2D eigenvalue weighted by Crippen LogP contribution is -2.47. The van der Waals surface area contributed by atoms with Gasteiger partial charge in [0.05, 0.1) is 35.3 Å². The van der Waals surface area contributed by atoms with E-state index in [2.05, 4.69) is 10.00 Å². The summed E-state index contributed by atoms with van der Waals surface area (Å²) in [5.74, 6) is -0.321. The van der Waals surface area contributed by atoms with Gasteiger partial charge in [0.2, 0.25) is 0 Å². The zero-order valence-electron chi connectivity index (χ0n) is 20.1. The Labute approximate surface area is 225 Å². The number of halogens is 4. The van der Waals surface area contributed by atoms with E-state index in [9.17, 15) is 22.8 Å². The fourth-order valence-electron chi connectivity index (χ4n) is 4.92. The highest BCUT2D eigenvalue weighted by molar-refractivity contribution is 8.18. The van der Waals surface area contributed by atoms with E-state index in [-0.39, 0.29) is 40.9 Å². The Morgan fingerprint density at radius 1 is 1.13 bits per heavy atom. The number of piperidine rings is 1. The quantitative estimate of drug-likeness (QED) is 0.412. The summed E-state index contributed by atoms with van der Waals surface area (Å²) in [5.41, 5.74) is 0.558. The number of β-amino-alcohol motifs (C(OH)–C–C–N with tert-alkyl or cyclic N) is 1. The number of hydrogen-bond acceptors (Lipinski definition) is 6. The van der Waals surface area contributed by atoms with Crippen molar-refractivity contribution in [1.29, 1.82) is 0 Å². The second-order valence-corrected chi connectivity index (χ2v) is 10.7. The molecular formula is C26H24ClF3N4O3S. The predicted molar refractivity (Wildman–Crippen MR) is 140 cm³/mol. The maximum absolute atomic E-state index is 13.5. The van der Waals surface area contributed by atoms with Crippen LogP contribution in [0.2, 0.25) is 5.02 Å². The average Bonchev–Trinajstić information content (AvgIpc) is 3.39. The number of likely N-dealkylation sites (tertiary alicyclic amines) is 1. The molecule has 0 unspecified atom stereocenters. The van der Waals surface area contributed by atoms with Gasteiger partial charge in [-0.3, -0.25) is 19.2 Å². The number of hydrogen-bond donors (Lipinski definition) is 1. The summed E-state index contributed by atoms with van der Waals surface area (Å²) in [6.45, 7) is 2.00. The van der Waals surface area contributed by atoms with Crippen molar-refractivity contribution in [3.63, 3.8) is 0 Å². The number of carbonyl (C=O) groups excluding carboxylic acids is 2. The first-order valence-electron chi connectivity index (χ1n) is 12.1. The Hall–Kier alpha value is -2.86. The number of fused-ring (bicyclic) bond motifs is 1. The molecule has 2 saturated heterocycles. The number of benzene rings is 2. The molecule has 1 N–H and O–H groups in total. The molecule has 5 rings (SSSR count). The minimum absolute atomic E-state index is 0.00705. The molecule has 12 heteroatoms. The molecule has 0 saturated carbocycles. The molecule has 0 bridgehead atoms. The van der Waals surface area contributed by atoms with Crippen molar-refractivity contribution in [3.8, 4) is 0 Å². The van der Waals surface area contributed by atoms with Crippen molar-refractivity contribution in [2.45, 2.75) is 31.6 Å². The molecule has 1 aromatic heterocycles. The molecule has 2 fully saturated rings. The fraction of sp³-hybridized carbons (Fsp3) is 0.346. The zero-order chi connectivity index (χ0) is 27.0. The van der Waals surface area contributed by atoms with Gasteiger partial charge < -0.3 is 10.0 Å². The number of imide groups is 1. The molecule has 3 aromatic rings. The molecule has 2 amide bonds. The van der Waals surface area contributed by atoms with E-state index >= 15 is 0 Å². The molecular weight excluding hydrogens is 541 g/mol. The summed E-state index contributed by atoms with van der Waals surface area (Å²) in [4.78, 5) is 29.5. The minimum atomic E-state index is -4.55. The molecule has 2 aliphatic rings. The molecule has 0 radical (unpaired) electrons. The van der Waals surface area contributed by atoms with E-state index in [1.165, 1.54) is 21.7 Å². The van der Waals surface area contributed by atoms with Gasteiger partial charge in [-0.05, 0) is 66.1 Å². The highest BCUT2D eigenvalue weighted by Crippen LogP contribution is 2.37. The largest absolute Gasteiger partial charge is 0.416 e. The van der Waals surface area contributed by atoms with E-state index in [1.807, 2.05) is 0 Å². The maximum Gasteiger partial charge on any atom is 0.416 e. The standard InChI is InChI=1S/C26H24ClF3N4O3S/c27-19-3-2-17(21(13-19)26(28,29)30)15-33-22-4-1-16(11-18(22)14-31-33)12-23-24(36)34(25(37)38-23)20-5-7-32(8-6-20)9-10-35/h1-4,11-14,20,35H,5-10,15H2. The van der Waals surface area contributed by atoms with E-state index in [0.717, 1.165) is 17.8 Å². The molecule has 0 aliphatic carbocycles. The minimum Gasteiger partial charge on any atom is -0.395 e. The number of aliphatic hydroxyl groups excluding tert-OH is 1. The number of rotatable bonds is 6. The zero-order valence-corrected chi connectivity index (χ0v) is 21.7. The Morgan fingerprint density at radius 2 is 1.89 bits per heavy atom. The molecule has 2 aromatic carbocycles.